The molecule has 1 unspecified atom stereocenters. The Morgan fingerprint density at radius 2 is 2.28 bits per heavy atom. The number of nitrogens with zero attached hydrogens (tertiary/aromatic N) is 3. The second kappa shape index (κ2) is 5.73. The average molecular weight is 343 g/mol. The molecule has 3 atom stereocenters. The number of carbonyl (C=O) groups excluding carboxylic acids is 1. The minimum absolute atomic E-state index is 0.154. The molecule has 1 amide bonds. The molecule has 3 aromatic rings. The number of likely N-dealkylation sites (tertiary alicyclic amines) is 1. The van der Waals surface area contributed by atoms with Gasteiger partial charge in [0.15, 0.2) is 0 Å². The molecule has 0 aromatic carbocycles. The van der Waals surface area contributed by atoms with E-state index in [2.05, 4.69) is 21.9 Å². The van der Waals surface area contributed by atoms with Gasteiger partial charge < -0.3 is 20.0 Å². The van der Waals surface area contributed by atoms with Crippen LogP contribution in [-0.2, 0) is 4.79 Å². The summed E-state index contributed by atoms with van der Waals surface area (Å²) in [6.07, 6.45) is 3.20. The number of piperidine rings is 1. The number of pyridine rings is 1. The summed E-state index contributed by atoms with van der Waals surface area (Å²) in [7, 11) is 0. The van der Waals surface area contributed by atoms with Crippen molar-refractivity contribution in [2.75, 3.05) is 13.1 Å². The number of H-pyrrole nitrogens is 2. The van der Waals surface area contributed by atoms with Crippen molar-refractivity contribution in [2.24, 2.45) is 5.92 Å². The highest BCUT2D eigenvalue weighted by atomic mass is 16.3. The van der Waals surface area contributed by atoms with Gasteiger partial charge in [-0.2, -0.15) is 0 Å². The van der Waals surface area contributed by atoms with E-state index in [0.29, 0.717) is 18.6 Å². The quantitative estimate of drug-likeness (QED) is 0.645. The van der Waals surface area contributed by atoms with Crippen LogP contribution in [0.15, 0.2) is 23.3 Å². The van der Waals surface area contributed by atoms with Gasteiger partial charge in [-0.15, -0.1) is 0 Å². The fourth-order valence-electron chi connectivity index (χ4n) is 3.79. The molecule has 132 valence electrons. The van der Waals surface area contributed by atoms with Crippen LogP contribution in [0.1, 0.15) is 26.3 Å². The van der Waals surface area contributed by atoms with Crippen molar-refractivity contribution < 1.29 is 9.90 Å². The molecule has 4 heterocycles. The van der Waals surface area contributed by atoms with E-state index in [4.69, 9.17) is 0 Å². The summed E-state index contributed by atoms with van der Waals surface area (Å²) in [5.41, 5.74) is 2.01. The lowest BCUT2D eigenvalue weighted by atomic mass is 9.92. The Balaban J connectivity index is 1.85. The van der Waals surface area contributed by atoms with Crippen LogP contribution in [0.25, 0.3) is 22.1 Å². The lowest BCUT2D eigenvalue weighted by Crippen LogP contribution is -2.48. The van der Waals surface area contributed by atoms with Crippen LogP contribution < -0.4 is 5.69 Å². The van der Waals surface area contributed by atoms with E-state index < -0.39 is 6.10 Å². The molecule has 1 fully saturated rings. The van der Waals surface area contributed by atoms with Gasteiger partial charge in [-0.05, 0) is 25.3 Å². The predicted molar refractivity (Wildman–Crippen MR) is 93.3 cm³/mol. The molecule has 0 bridgehead atoms. The Kier molecular flexibility index (Phi) is 3.64. The fraction of sp³-hybridized carbons (Fsp3) is 0.471. The third-order valence-electron chi connectivity index (χ3n) is 5.18. The maximum atomic E-state index is 12.7. The highest BCUT2D eigenvalue weighted by Gasteiger charge is 2.33. The van der Waals surface area contributed by atoms with E-state index in [0.717, 1.165) is 23.0 Å². The second-order valence-electron chi connectivity index (χ2n) is 6.85. The molecule has 3 aromatic heterocycles. The zero-order valence-electron chi connectivity index (χ0n) is 14.2. The van der Waals surface area contributed by atoms with Gasteiger partial charge in [-0.25, -0.2) is 9.78 Å². The van der Waals surface area contributed by atoms with Gasteiger partial charge in [0.25, 0.3) is 5.91 Å². The predicted octanol–water partition coefficient (Wildman–Crippen LogP) is 0.996. The van der Waals surface area contributed by atoms with Gasteiger partial charge in [-0.3, -0.25) is 9.36 Å². The zero-order chi connectivity index (χ0) is 17.7. The van der Waals surface area contributed by atoms with Crippen LogP contribution in [0.3, 0.4) is 0 Å². The van der Waals surface area contributed by atoms with Crippen LogP contribution in [-0.4, -0.2) is 54.6 Å². The van der Waals surface area contributed by atoms with Gasteiger partial charge in [0, 0.05) is 24.7 Å². The molecule has 8 nitrogen and oxygen atoms in total. The van der Waals surface area contributed by atoms with Crippen LogP contribution in [0.2, 0.25) is 0 Å². The van der Waals surface area contributed by atoms with E-state index in [9.17, 15) is 14.7 Å². The highest BCUT2D eigenvalue weighted by molar-refractivity contribution is 6.01. The lowest BCUT2D eigenvalue weighted by molar-refractivity contribution is -0.141. The van der Waals surface area contributed by atoms with Crippen LogP contribution in [0.5, 0.6) is 0 Å². The first kappa shape index (κ1) is 15.9. The largest absolute Gasteiger partial charge is 0.384 e. The van der Waals surface area contributed by atoms with E-state index in [1.807, 2.05) is 6.07 Å². The van der Waals surface area contributed by atoms with Gasteiger partial charge >= 0.3 is 5.69 Å². The highest BCUT2D eigenvalue weighted by Crippen LogP contribution is 2.31. The zero-order valence-corrected chi connectivity index (χ0v) is 14.2. The minimum Gasteiger partial charge on any atom is -0.384 e. The topological polar surface area (TPSA) is 107 Å². The summed E-state index contributed by atoms with van der Waals surface area (Å²) in [6.45, 7) is 4.57. The smallest absolute Gasteiger partial charge is 0.326 e. The number of hydrogen-bond acceptors (Lipinski definition) is 4. The number of imidazole rings is 1. The first-order valence-corrected chi connectivity index (χ1v) is 8.50. The van der Waals surface area contributed by atoms with E-state index in [1.54, 1.807) is 21.9 Å². The Morgan fingerprint density at radius 3 is 3.04 bits per heavy atom. The van der Waals surface area contributed by atoms with Crippen molar-refractivity contribution in [1.29, 1.82) is 0 Å². The third kappa shape index (κ3) is 2.44. The molecule has 1 aliphatic heterocycles. The van der Waals surface area contributed by atoms with Crippen molar-refractivity contribution in [3.05, 3.63) is 28.9 Å². The Hall–Kier alpha value is -2.61. The number of nitrogens with one attached hydrogen (secondary N) is 2. The van der Waals surface area contributed by atoms with Crippen molar-refractivity contribution in [3.63, 3.8) is 0 Å². The molecule has 0 radical (unpaired) electrons. The van der Waals surface area contributed by atoms with Crippen molar-refractivity contribution in [1.82, 2.24) is 24.4 Å². The molecule has 8 heteroatoms. The number of fused-ring (bicyclic) bond motifs is 3. The number of rotatable bonds is 2. The van der Waals surface area contributed by atoms with Gasteiger partial charge in [0.2, 0.25) is 0 Å². The number of carbonyl (C=O) groups is 1. The standard InChI is InChI=1S/C17H21N5O3/c1-9-4-6-21(16(24)10(2)23)8-13(9)22-14-11-3-5-18-15(11)19-7-12(14)20-17(22)25/h3,5,7,9-10,13,23H,4,6,8H2,1-2H3,(H,18,19)(H,20,25)/t9-,10?,13+/m1/s1. The first-order valence-electron chi connectivity index (χ1n) is 8.50. The molecule has 0 aliphatic carbocycles. The minimum atomic E-state index is -1.03. The Morgan fingerprint density at radius 1 is 1.48 bits per heavy atom. The van der Waals surface area contributed by atoms with Gasteiger partial charge in [0.05, 0.1) is 23.3 Å². The average Bonchev–Trinajstić information content (AvgIpc) is 3.17. The van der Waals surface area contributed by atoms with Crippen molar-refractivity contribution >= 4 is 28.0 Å². The van der Waals surface area contributed by atoms with Crippen molar-refractivity contribution in [3.8, 4) is 0 Å². The number of aliphatic hydroxyl groups is 1. The number of amides is 1. The second-order valence-corrected chi connectivity index (χ2v) is 6.85. The molecule has 1 aliphatic rings. The molecule has 0 spiro atoms. The van der Waals surface area contributed by atoms with E-state index in [-0.39, 0.29) is 23.6 Å². The third-order valence-corrected chi connectivity index (χ3v) is 5.18. The number of aromatic amines is 2. The van der Waals surface area contributed by atoms with Crippen molar-refractivity contribution in [2.45, 2.75) is 32.4 Å². The molecule has 4 rings (SSSR count). The Bertz CT molecular complexity index is 999. The Labute approximate surface area is 143 Å². The SMILES string of the molecule is CC(O)C(=O)N1CC[C@@H](C)[C@@H](n2c(=O)[nH]c3cnc4[nH]ccc4c32)C1. The monoisotopic (exact) mass is 343 g/mol. The van der Waals surface area contributed by atoms with Gasteiger partial charge in [-0.1, -0.05) is 6.92 Å². The first-order chi connectivity index (χ1) is 12.0. The molecular formula is C17H21N5O3. The molecular weight excluding hydrogens is 322 g/mol. The van der Waals surface area contributed by atoms with Crippen LogP contribution in [0, 0.1) is 5.92 Å². The molecule has 0 saturated carbocycles. The number of aromatic nitrogens is 4. The summed E-state index contributed by atoms with van der Waals surface area (Å²) < 4.78 is 1.75. The fourth-order valence-corrected chi connectivity index (χ4v) is 3.79. The molecule has 25 heavy (non-hydrogen) atoms. The summed E-state index contributed by atoms with van der Waals surface area (Å²) in [5, 5.41) is 10.5. The number of aliphatic hydroxyl groups excluding tert-OH is 1. The number of hydrogen-bond donors (Lipinski definition) is 3. The maximum absolute atomic E-state index is 12.7. The van der Waals surface area contributed by atoms with E-state index >= 15 is 0 Å². The molecule has 1 saturated heterocycles. The van der Waals surface area contributed by atoms with Gasteiger partial charge in [0.1, 0.15) is 11.8 Å². The van der Waals surface area contributed by atoms with Crippen LogP contribution >= 0.6 is 0 Å². The maximum Gasteiger partial charge on any atom is 0.326 e. The summed E-state index contributed by atoms with van der Waals surface area (Å²) in [4.78, 5) is 36.8. The molecule has 3 N–H and O–H groups in total. The summed E-state index contributed by atoms with van der Waals surface area (Å²) >= 11 is 0. The normalized spacial score (nSPS) is 22.6. The van der Waals surface area contributed by atoms with Crippen LogP contribution in [0.4, 0.5) is 0 Å². The summed E-state index contributed by atoms with van der Waals surface area (Å²) in [6, 6.07) is 1.75. The van der Waals surface area contributed by atoms with E-state index in [1.165, 1.54) is 6.92 Å². The lowest BCUT2D eigenvalue weighted by Gasteiger charge is -2.38. The summed E-state index contributed by atoms with van der Waals surface area (Å²) in [5.74, 6) is -0.0600.